The van der Waals surface area contributed by atoms with E-state index in [2.05, 4.69) is 10.1 Å². The number of hydrogen-bond acceptors (Lipinski definition) is 4. The first-order chi connectivity index (χ1) is 11.1. The zero-order valence-corrected chi connectivity index (χ0v) is 13.0. The predicted octanol–water partition coefficient (Wildman–Crippen LogP) is 2.07. The fraction of sp³-hybridized carbons (Fsp3) is 0.312. The van der Waals surface area contributed by atoms with Crippen molar-refractivity contribution >= 4 is 11.0 Å². The van der Waals surface area contributed by atoms with E-state index in [1.807, 2.05) is 0 Å². The van der Waals surface area contributed by atoms with Gasteiger partial charge in [-0.05, 0) is 37.6 Å². The number of fused-ring (bicyclic) bond motifs is 1. The Morgan fingerprint density at radius 3 is 2.70 bits per heavy atom. The molecule has 0 aliphatic heterocycles. The van der Waals surface area contributed by atoms with Gasteiger partial charge in [0.1, 0.15) is 17.0 Å². The molecule has 120 valence electrons. The number of benzene rings is 1. The Hall–Kier alpha value is -2.54. The average molecular weight is 316 g/mol. The summed E-state index contributed by atoms with van der Waals surface area (Å²) in [6, 6.07) is 5.90. The van der Waals surface area contributed by atoms with Gasteiger partial charge < -0.3 is 4.74 Å². The molecule has 0 radical (unpaired) electrons. The van der Waals surface area contributed by atoms with Crippen LogP contribution < -0.4 is 5.56 Å². The summed E-state index contributed by atoms with van der Waals surface area (Å²) < 4.78 is 21.2. The molecular formula is C16H17FN4O2. The van der Waals surface area contributed by atoms with E-state index in [9.17, 15) is 9.18 Å². The van der Waals surface area contributed by atoms with Gasteiger partial charge in [0, 0.05) is 20.3 Å². The Bertz CT molecular complexity index is 883. The number of ether oxygens (including phenoxy) is 1. The van der Waals surface area contributed by atoms with Crippen LogP contribution in [0, 0.1) is 12.7 Å². The number of halogens is 1. The third kappa shape index (κ3) is 2.87. The molecule has 0 fully saturated rings. The Morgan fingerprint density at radius 1 is 1.26 bits per heavy atom. The standard InChI is InChI=1S/C16H17FN4O2/c1-11-19-15-14(16(22)20(11)8-3-9-23-2)10-18-21(15)13-6-4-12(17)5-7-13/h4-7,10H,3,8-9H2,1-2H3. The molecule has 7 heteroatoms. The SMILES string of the molecule is COCCCn1c(C)nc2c(cnn2-c2ccc(F)cc2)c1=O. The van der Waals surface area contributed by atoms with Gasteiger partial charge in [0.25, 0.3) is 5.56 Å². The maximum Gasteiger partial charge on any atom is 0.264 e. The Morgan fingerprint density at radius 2 is 2.00 bits per heavy atom. The molecule has 0 amide bonds. The first kappa shape index (κ1) is 15.4. The summed E-state index contributed by atoms with van der Waals surface area (Å²) in [5.74, 6) is 0.289. The maximum atomic E-state index is 13.1. The van der Waals surface area contributed by atoms with Crippen LogP contribution in [0.3, 0.4) is 0 Å². The van der Waals surface area contributed by atoms with Crippen molar-refractivity contribution in [2.75, 3.05) is 13.7 Å². The lowest BCUT2D eigenvalue weighted by Gasteiger charge is -2.10. The molecule has 2 heterocycles. The molecular weight excluding hydrogens is 299 g/mol. The molecule has 2 aromatic heterocycles. The largest absolute Gasteiger partial charge is 0.385 e. The summed E-state index contributed by atoms with van der Waals surface area (Å²) in [6.07, 6.45) is 2.23. The highest BCUT2D eigenvalue weighted by Gasteiger charge is 2.14. The Labute approximate surface area is 132 Å². The fourth-order valence-electron chi connectivity index (χ4n) is 2.51. The van der Waals surface area contributed by atoms with Gasteiger partial charge in [-0.25, -0.2) is 14.1 Å². The summed E-state index contributed by atoms with van der Waals surface area (Å²) in [5, 5.41) is 4.67. The van der Waals surface area contributed by atoms with Gasteiger partial charge in [-0.3, -0.25) is 9.36 Å². The average Bonchev–Trinajstić information content (AvgIpc) is 2.95. The lowest BCUT2D eigenvalue weighted by Crippen LogP contribution is -2.24. The monoisotopic (exact) mass is 316 g/mol. The second-order valence-electron chi connectivity index (χ2n) is 5.23. The molecule has 0 aliphatic rings. The normalized spacial score (nSPS) is 11.3. The van der Waals surface area contributed by atoms with Gasteiger partial charge in [0.05, 0.1) is 11.9 Å². The van der Waals surface area contributed by atoms with Crippen molar-refractivity contribution in [3.05, 3.63) is 52.5 Å². The first-order valence-corrected chi connectivity index (χ1v) is 7.32. The summed E-state index contributed by atoms with van der Waals surface area (Å²) >= 11 is 0. The lowest BCUT2D eigenvalue weighted by molar-refractivity contribution is 0.189. The molecule has 0 unspecified atom stereocenters. The van der Waals surface area contributed by atoms with Crippen molar-refractivity contribution < 1.29 is 9.13 Å². The number of aromatic nitrogens is 4. The molecule has 0 bridgehead atoms. The van der Waals surface area contributed by atoms with Gasteiger partial charge in [-0.2, -0.15) is 5.10 Å². The minimum atomic E-state index is -0.324. The van der Waals surface area contributed by atoms with Gasteiger partial charge in [0.15, 0.2) is 5.65 Å². The van der Waals surface area contributed by atoms with Crippen LogP contribution in [0.15, 0.2) is 35.3 Å². The van der Waals surface area contributed by atoms with Gasteiger partial charge >= 0.3 is 0 Å². The first-order valence-electron chi connectivity index (χ1n) is 7.32. The second kappa shape index (κ2) is 6.29. The quantitative estimate of drug-likeness (QED) is 0.676. The Kier molecular flexibility index (Phi) is 4.20. The van der Waals surface area contributed by atoms with Gasteiger partial charge in [-0.1, -0.05) is 0 Å². The van der Waals surface area contributed by atoms with Crippen molar-refractivity contribution in [2.24, 2.45) is 0 Å². The minimum Gasteiger partial charge on any atom is -0.385 e. The molecule has 23 heavy (non-hydrogen) atoms. The molecule has 0 N–H and O–H groups in total. The van der Waals surface area contributed by atoms with Crippen LogP contribution in [0.4, 0.5) is 4.39 Å². The van der Waals surface area contributed by atoms with Crippen LogP contribution in [0.5, 0.6) is 0 Å². The highest BCUT2D eigenvalue weighted by molar-refractivity contribution is 5.75. The Balaban J connectivity index is 2.08. The van der Waals surface area contributed by atoms with Crippen LogP contribution in [0.25, 0.3) is 16.7 Å². The number of hydrogen-bond donors (Lipinski definition) is 0. The van der Waals surface area contributed by atoms with Crippen LogP contribution in [-0.4, -0.2) is 33.0 Å². The van der Waals surface area contributed by atoms with Crippen LogP contribution in [0.1, 0.15) is 12.2 Å². The predicted molar refractivity (Wildman–Crippen MR) is 84.3 cm³/mol. The number of aryl methyl sites for hydroxylation is 1. The van der Waals surface area contributed by atoms with E-state index in [1.165, 1.54) is 18.3 Å². The molecule has 3 aromatic rings. The zero-order valence-electron chi connectivity index (χ0n) is 13.0. The summed E-state index contributed by atoms with van der Waals surface area (Å²) in [4.78, 5) is 17.1. The van der Waals surface area contributed by atoms with E-state index in [0.717, 1.165) is 6.42 Å². The molecule has 0 atom stereocenters. The second-order valence-corrected chi connectivity index (χ2v) is 5.23. The molecule has 0 saturated carbocycles. The summed E-state index contributed by atoms with van der Waals surface area (Å²) in [6.45, 7) is 2.91. The van der Waals surface area contributed by atoms with E-state index in [0.29, 0.717) is 35.7 Å². The summed E-state index contributed by atoms with van der Waals surface area (Å²) in [5.41, 5.74) is 1.00. The lowest BCUT2D eigenvalue weighted by atomic mass is 10.3. The highest BCUT2D eigenvalue weighted by Crippen LogP contribution is 2.15. The third-order valence-corrected chi connectivity index (χ3v) is 3.68. The van der Waals surface area contributed by atoms with Crippen LogP contribution in [-0.2, 0) is 11.3 Å². The number of nitrogens with zero attached hydrogens (tertiary/aromatic N) is 4. The minimum absolute atomic E-state index is 0.128. The topological polar surface area (TPSA) is 61.9 Å². The van der Waals surface area contributed by atoms with E-state index in [1.54, 1.807) is 35.4 Å². The number of methoxy groups -OCH3 is 1. The van der Waals surface area contributed by atoms with Crippen molar-refractivity contribution in [3.63, 3.8) is 0 Å². The molecule has 0 spiro atoms. The van der Waals surface area contributed by atoms with Gasteiger partial charge in [0.2, 0.25) is 0 Å². The molecule has 1 aromatic carbocycles. The van der Waals surface area contributed by atoms with Crippen molar-refractivity contribution in [1.82, 2.24) is 19.3 Å². The van der Waals surface area contributed by atoms with E-state index < -0.39 is 0 Å². The number of rotatable bonds is 5. The van der Waals surface area contributed by atoms with E-state index >= 15 is 0 Å². The van der Waals surface area contributed by atoms with Gasteiger partial charge in [-0.15, -0.1) is 0 Å². The molecule has 6 nitrogen and oxygen atoms in total. The molecule has 0 aliphatic carbocycles. The smallest absolute Gasteiger partial charge is 0.264 e. The molecule has 0 saturated heterocycles. The molecule has 3 rings (SSSR count). The van der Waals surface area contributed by atoms with E-state index in [-0.39, 0.29) is 11.4 Å². The van der Waals surface area contributed by atoms with E-state index in [4.69, 9.17) is 4.74 Å². The fourth-order valence-corrected chi connectivity index (χ4v) is 2.51. The highest BCUT2D eigenvalue weighted by atomic mass is 19.1. The van der Waals surface area contributed by atoms with Crippen molar-refractivity contribution in [1.29, 1.82) is 0 Å². The zero-order chi connectivity index (χ0) is 16.4. The van der Waals surface area contributed by atoms with Crippen LogP contribution >= 0.6 is 0 Å². The van der Waals surface area contributed by atoms with Crippen LogP contribution in [0.2, 0.25) is 0 Å². The van der Waals surface area contributed by atoms with Crippen molar-refractivity contribution in [2.45, 2.75) is 19.9 Å². The summed E-state index contributed by atoms with van der Waals surface area (Å²) in [7, 11) is 1.63. The maximum absolute atomic E-state index is 13.1. The van der Waals surface area contributed by atoms with Crippen molar-refractivity contribution in [3.8, 4) is 5.69 Å². The third-order valence-electron chi connectivity index (χ3n) is 3.68.